The SMILES string of the molecule is CCCCCCCOc1cccc(-c2csc(NC(=O)c3cc(F)c(C=C(C)C(=O)O)c(F)c3)n2)c1OC. The summed E-state index contributed by atoms with van der Waals surface area (Å²) in [4.78, 5) is 28.1. The molecule has 0 fully saturated rings. The maximum atomic E-state index is 14.5. The van der Waals surface area contributed by atoms with Gasteiger partial charge in [0.2, 0.25) is 0 Å². The Morgan fingerprint density at radius 1 is 1.13 bits per heavy atom. The van der Waals surface area contributed by atoms with E-state index in [1.54, 1.807) is 12.5 Å². The molecular formula is C28H30F2N2O5S. The number of thiazole rings is 1. The second kappa shape index (κ2) is 13.7. The fourth-order valence-electron chi connectivity index (χ4n) is 3.69. The van der Waals surface area contributed by atoms with Crippen molar-refractivity contribution in [3.63, 3.8) is 0 Å². The number of benzene rings is 2. The summed E-state index contributed by atoms with van der Waals surface area (Å²) in [5.41, 5.74) is 0.168. The van der Waals surface area contributed by atoms with E-state index in [4.69, 9.17) is 14.6 Å². The first-order valence-electron chi connectivity index (χ1n) is 12.2. The number of amides is 1. The first-order chi connectivity index (χ1) is 18.2. The van der Waals surface area contributed by atoms with Gasteiger partial charge in [-0.2, -0.15) is 0 Å². The van der Waals surface area contributed by atoms with Gasteiger partial charge in [-0.05, 0) is 43.7 Å². The molecule has 7 nitrogen and oxygen atoms in total. The van der Waals surface area contributed by atoms with Crippen LogP contribution < -0.4 is 14.8 Å². The maximum absolute atomic E-state index is 14.5. The molecule has 0 unspecified atom stereocenters. The summed E-state index contributed by atoms with van der Waals surface area (Å²) in [5.74, 6) is -3.06. The summed E-state index contributed by atoms with van der Waals surface area (Å²) in [5, 5.41) is 13.4. The fraction of sp³-hybridized carbons (Fsp3) is 0.321. The van der Waals surface area contributed by atoms with Crippen molar-refractivity contribution in [3.05, 3.63) is 64.0 Å². The zero-order valence-electron chi connectivity index (χ0n) is 21.5. The lowest BCUT2D eigenvalue weighted by Gasteiger charge is -2.13. The van der Waals surface area contributed by atoms with Gasteiger partial charge in [0.1, 0.15) is 11.6 Å². The van der Waals surface area contributed by atoms with Crippen LogP contribution in [0, 0.1) is 11.6 Å². The van der Waals surface area contributed by atoms with Crippen LogP contribution in [-0.2, 0) is 4.79 Å². The van der Waals surface area contributed by atoms with E-state index >= 15 is 0 Å². The highest BCUT2D eigenvalue weighted by Crippen LogP contribution is 2.39. The van der Waals surface area contributed by atoms with Crippen LogP contribution >= 0.6 is 11.3 Å². The second-order valence-electron chi connectivity index (χ2n) is 8.58. The van der Waals surface area contributed by atoms with E-state index < -0.39 is 29.1 Å². The third kappa shape index (κ3) is 7.38. The number of rotatable bonds is 13. The number of carbonyl (C=O) groups excluding carboxylic acids is 1. The van der Waals surface area contributed by atoms with Crippen molar-refractivity contribution in [1.29, 1.82) is 0 Å². The highest BCUT2D eigenvalue weighted by Gasteiger charge is 2.18. The lowest BCUT2D eigenvalue weighted by atomic mass is 10.1. The van der Waals surface area contributed by atoms with Gasteiger partial charge in [-0.1, -0.05) is 38.7 Å². The van der Waals surface area contributed by atoms with Crippen LogP contribution in [0.5, 0.6) is 11.5 Å². The Balaban J connectivity index is 1.73. The van der Waals surface area contributed by atoms with Crippen molar-refractivity contribution in [1.82, 2.24) is 4.98 Å². The number of aliphatic carboxylic acids is 1. The number of methoxy groups -OCH3 is 1. The zero-order valence-corrected chi connectivity index (χ0v) is 22.3. The monoisotopic (exact) mass is 544 g/mol. The lowest BCUT2D eigenvalue weighted by molar-refractivity contribution is -0.132. The van der Waals surface area contributed by atoms with Gasteiger partial charge in [0.25, 0.3) is 5.91 Å². The van der Waals surface area contributed by atoms with Gasteiger partial charge in [-0.3, -0.25) is 10.1 Å². The predicted octanol–water partition coefficient (Wildman–Crippen LogP) is 7.19. The van der Waals surface area contributed by atoms with E-state index in [0.717, 1.165) is 42.4 Å². The normalized spacial score (nSPS) is 11.3. The molecule has 2 N–H and O–H groups in total. The average Bonchev–Trinajstić information content (AvgIpc) is 3.35. The minimum atomic E-state index is -1.30. The summed E-state index contributed by atoms with van der Waals surface area (Å²) >= 11 is 1.14. The highest BCUT2D eigenvalue weighted by molar-refractivity contribution is 7.14. The lowest BCUT2D eigenvalue weighted by Crippen LogP contribution is -2.13. The molecule has 1 amide bonds. The zero-order chi connectivity index (χ0) is 27.7. The average molecular weight is 545 g/mol. The molecule has 0 aliphatic carbocycles. The van der Waals surface area contributed by atoms with Crippen molar-refractivity contribution in [2.45, 2.75) is 46.0 Å². The number of carbonyl (C=O) groups is 2. The van der Waals surface area contributed by atoms with E-state index in [9.17, 15) is 18.4 Å². The van der Waals surface area contributed by atoms with E-state index in [-0.39, 0.29) is 16.3 Å². The van der Waals surface area contributed by atoms with E-state index in [0.29, 0.717) is 29.4 Å². The molecule has 3 aromatic rings. The number of nitrogens with one attached hydrogen (secondary N) is 1. The van der Waals surface area contributed by atoms with Crippen LogP contribution in [0.15, 0.2) is 41.3 Å². The molecular weight excluding hydrogens is 514 g/mol. The molecule has 0 aliphatic heterocycles. The molecule has 0 radical (unpaired) electrons. The molecule has 0 saturated heterocycles. The molecule has 2 aromatic carbocycles. The van der Waals surface area contributed by atoms with Crippen LogP contribution in [0.2, 0.25) is 0 Å². The minimum absolute atomic E-state index is 0.223. The molecule has 202 valence electrons. The minimum Gasteiger partial charge on any atom is -0.492 e. The van der Waals surface area contributed by atoms with E-state index in [1.807, 2.05) is 18.2 Å². The van der Waals surface area contributed by atoms with Crippen molar-refractivity contribution in [2.24, 2.45) is 0 Å². The van der Waals surface area contributed by atoms with Gasteiger partial charge >= 0.3 is 5.97 Å². The van der Waals surface area contributed by atoms with Crippen LogP contribution in [0.1, 0.15) is 61.9 Å². The smallest absolute Gasteiger partial charge is 0.331 e. The van der Waals surface area contributed by atoms with Crippen LogP contribution in [-0.4, -0.2) is 35.7 Å². The van der Waals surface area contributed by atoms with Crippen molar-refractivity contribution >= 4 is 34.4 Å². The van der Waals surface area contributed by atoms with Gasteiger partial charge in [-0.25, -0.2) is 18.6 Å². The predicted molar refractivity (Wildman–Crippen MR) is 144 cm³/mol. The summed E-state index contributed by atoms with van der Waals surface area (Å²) in [6, 6.07) is 7.17. The van der Waals surface area contributed by atoms with Crippen LogP contribution in [0.25, 0.3) is 17.3 Å². The Labute approximate surface area is 224 Å². The molecule has 1 heterocycles. The Kier molecular flexibility index (Phi) is 10.3. The number of para-hydroxylation sites is 1. The number of carboxylic acids is 1. The molecule has 10 heteroatoms. The topological polar surface area (TPSA) is 97.8 Å². The molecule has 0 saturated carbocycles. The fourth-order valence-corrected chi connectivity index (χ4v) is 4.39. The summed E-state index contributed by atoms with van der Waals surface area (Å²) in [7, 11) is 1.54. The van der Waals surface area contributed by atoms with E-state index in [1.165, 1.54) is 26.2 Å². The number of ether oxygens (including phenoxy) is 2. The number of aromatic nitrogens is 1. The molecule has 0 bridgehead atoms. The van der Waals surface area contributed by atoms with Crippen molar-refractivity contribution in [3.8, 4) is 22.8 Å². The van der Waals surface area contributed by atoms with Gasteiger partial charge < -0.3 is 14.6 Å². The summed E-state index contributed by atoms with van der Waals surface area (Å²) in [6.07, 6.45) is 6.48. The third-order valence-corrected chi connectivity index (χ3v) is 6.49. The van der Waals surface area contributed by atoms with Crippen LogP contribution in [0.4, 0.5) is 13.9 Å². The number of hydrogen-bond donors (Lipinski definition) is 2. The van der Waals surface area contributed by atoms with Gasteiger partial charge in [0.05, 0.1) is 19.4 Å². The molecule has 1 aromatic heterocycles. The van der Waals surface area contributed by atoms with Gasteiger partial charge in [0, 0.05) is 27.6 Å². The number of nitrogens with zero attached hydrogens (tertiary/aromatic N) is 1. The molecule has 0 aliphatic rings. The van der Waals surface area contributed by atoms with Crippen LogP contribution in [0.3, 0.4) is 0 Å². The number of anilines is 1. The Bertz CT molecular complexity index is 1300. The number of unbranched alkanes of at least 4 members (excludes halogenated alkanes) is 4. The summed E-state index contributed by atoms with van der Waals surface area (Å²) in [6.45, 7) is 3.96. The van der Waals surface area contributed by atoms with Gasteiger partial charge in [0.15, 0.2) is 16.6 Å². The molecule has 3 rings (SSSR count). The maximum Gasteiger partial charge on any atom is 0.331 e. The second-order valence-corrected chi connectivity index (χ2v) is 9.44. The van der Waals surface area contributed by atoms with E-state index in [2.05, 4.69) is 17.2 Å². The Morgan fingerprint density at radius 3 is 2.50 bits per heavy atom. The van der Waals surface area contributed by atoms with Gasteiger partial charge in [-0.15, -0.1) is 11.3 Å². The summed E-state index contributed by atoms with van der Waals surface area (Å²) < 4.78 is 40.4. The molecule has 38 heavy (non-hydrogen) atoms. The largest absolute Gasteiger partial charge is 0.492 e. The van der Waals surface area contributed by atoms with Crippen molar-refractivity contribution < 1.29 is 33.0 Å². The number of carboxylic acid groups (broad SMARTS) is 1. The van der Waals surface area contributed by atoms with Crippen molar-refractivity contribution in [2.75, 3.05) is 19.0 Å². The Hall–Kier alpha value is -3.79. The quantitative estimate of drug-likeness (QED) is 0.175. The highest BCUT2D eigenvalue weighted by atomic mass is 32.1. The first kappa shape index (κ1) is 28.8. The molecule has 0 spiro atoms. The number of halogens is 2. The molecule has 0 atom stereocenters. The third-order valence-electron chi connectivity index (χ3n) is 5.73. The standard InChI is InChI=1S/C28H30F2N2O5S/c1-4-5-6-7-8-12-37-24-11-9-10-19(25(24)36-3)23-16-38-28(31-23)32-26(33)18-14-21(29)20(22(30)15-18)13-17(2)27(34)35/h9-11,13-16H,4-8,12H2,1-3H3,(H,34,35)(H,31,32,33). The first-order valence-corrected chi connectivity index (χ1v) is 13.1. The Morgan fingerprint density at radius 2 is 1.84 bits per heavy atom. The number of hydrogen-bond acceptors (Lipinski definition) is 6.